The predicted molar refractivity (Wildman–Crippen MR) is 76.3 cm³/mol. The van der Waals surface area contributed by atoms with Crippen molar-refractivity contribution >= 4 is 17.3 Å². The molecule has 0 radical (unpaired) electrons. The molecule has 2 atom stereocenters. The van der Waals surface area contributed by atoms with E-state index in [4.69, 9.17) is 0 Å². The van der Waals surface area contributed by atoms with Gasteiger partial charge in [0.2, 0.25) is 5.95 Å². The summed E-state index contributed by atoms with van der Waals surface area (Å²) in [5.41, 5.74) is 0. The maximum Gasteiger partial charge on any atom is 0.222 e. The molecule has 0 spiro atoms. The zero-order valence-corrected chi connectivity index (χ0v) is 11.8. The highest BCUT2D eigenvalue weighted by Gasteiger charge is 2.32. The molecule has 2 aromatic heterocycles. The van der Waals surface area contributed by atoms with E-state index in [9.17, 15) is 4.39 Å². The third-order valence-corrected chi connectivity index (χ3v) is 4.12. The van der Waals surface area contributed by atoms with E-state index < -0.39 is 6.17 Å². The second-order valence-electron chi connectivity index (χ2n) is 4.80. The van der Waals surface area contributed by atoms with E-state index in [1.54, 1.807) is 36.0 Å². The zero-order valence-electron chi connectivity index (χ0n) is 10.9. The first-order chi connectivity index (χ1) is 9.81. The highest BCUT2D eigenvalue weighted by atomic mass is 32.1. The first-order valence-electron chi connectivity index (χ1n) is 6.58. The van der Waals surface area contributed by atoms with Crippen LogP contribution in [-0.4, -0.2) is 45.2 Å². The Labute approximate surface area is 120 Å². The molecule has 5 nitrogen and oxygen atoms in total. The van der Waals surface area contributed by atoms with Crippen molar-refractivity contribution in [3.8, 4) is 0 Å². The maximum absolute atomic E-state index is 13.7. The van der Waals surface area contributed by atoms with Crippen LogP contribution in [0.25, 0.3) is 0 Å². The van der Waals surface area contributed by atoms with Crippen molar-refractivity contribution < 1.29 is 4.39 Å². The summed E-state index contributed by atoms with van der Waals surface area (Å²) in [6, 6.07) is 1.92. The van der Waals surface area contributed by atoms with E-state index >= 15 is 0 Å². The van der Waals surface area contributed by atoms with Crippen molar-refractivity contribution in [1.82, 2.24) is 19.9 Å². The average Bonchev–Trinajstić information content (AvgIpc) is 3.08. The van der Waals surface area contributed by atoms with E-state index in [1.807, 2.05) is 5.38 Å². The molecular weight excluding hydrogens is 277 g/mol. The van der Waals surface area contributed by atoms with Crippen LogP contribution in [-0.2, 0) is 6.54 Å². The number of hydrogen-bond donors (Lipinski definition) is 1. The standard InChI is InChI=1S/C13H16FN5S/c14-10-6-11(7-18-13-16-2-1-3-17-13)19(8-10)9-12-15-4-5-20-12/h1-5,10-11H,6-9H2,(H,16,17,18)/t10-,11-/m0/s1. The van der Waals surface area contributed by atoms with Gasteiger partial charge in [-0.15, -0.1) is 11.3 Å². The lowest BCUT2D eigenvalue weighted by atomic mass is 10.2. The van der Waals surface area contributed by atoms with E-state index in [0.29, 0.717) is 32.0 Å². The minimum atomic E-state index is -0.765. The summed E-state index contributed by atoms with van der Waals surface area (Å²) in [5.74, 6) is 0.587. The summed E-state index contributed by atoms with van der Waals surface area (Å²) in [4.78, 5) is 14.6. The minimum Gasteiger partial charge on any atom is -0.353 e. The molecule has 1 saturated heterocycles. The van der Waals surface area contributed by atoms with Gasteiger partial charge < -0.3 is 5.32 Å². The van der Waals surface area contributed by atoms with E-state index in [0.717, 1.165) is 5.01 Å². The van der Waals surface area contributed by atoms with Crippen molar-refractivity contribution in [2.45, 2.75) is 25.2 Å². The molecule has 106 valence electrons. The largest absolute Gasteiger partial charge is 0.353 e. The normalized spacial score (nSPS) is 23.1. The molecule has 3 heterocycles. The second-order valence-corrected chi connectivity index (χ2v) is 5.77. The number of nitrogens with one attached hydrogen (secondary N) is 1. The lowest BCUT2D eigenvalue weighted by molar-refractivity contribution is 0.241. The Bertz CT molecular complexity index is 521. The molecule has 1 N–H and O–H groups in total. The average molecular weight is 293 g/mol. The second kappa shape index (κ2) is 6.23. The predicted octanol–water partition coefficient (Wildman–Crippen LogP) is 1.96. The highest BCUT2D eigenvalue weighted by Crippen LogP contribution is 2.23. The summed E-state index contributed by atoms with van der Waals surface area (Å²) in [5, 5.41) is 6.14. The van der Waals surface area contributed by atoms with Crippen molar-refractivity contribution in [2.24, 2.45) is 0 Å². The number of aromatic nitrogens is 3. The Morgan fingerprint density at radius 3 is 2.90 bits per heavy atom. The smallest absolute Gasteiger partial charge is 0.222 e. The van der Waals surface area contributed by atoms with Gasteiger partial charge in [-0.3, -0.25) is 4.90 Å². The number of nitrogens with zero attached hydrogens (tertiary/aromatic N) is 4. The van der Waals surface area contributed by atoms with Gasteiger partial charge in [0.05, 0.1) is 6.54 Å². The van der Waals surface area contributed by atoms with Gasteiger partial charge in [0.15, 0.2) is 0 Å². The number of hydrogen-bond acceptors (Lipinski definition) is 6. The van der Waals surface area contributed by atoms with Crippen molar-refractivity contribution in [2.75, 3.05) is 18.4 Å². The van der Waals surface area contributed by atoms with Gasteiger partial charge in [0.25, 0.3) is 0 Å². The number of thiazole rings is 1. The van der Waals surface area contributed by atoms with Crippen molar-refractivity contribution in [1.29, 1.82) is 0 Å². The number of rotatable bonds is 5. The summed E-state index contributed by atoms with van der Waals surface area (Å²) in [7, 11) is 0. The third kappa shape index (κ3) is 3.29. The van der Waals surface area contributed by atoms with Crippen LogP contribution in [0.2, 0.25) is 0 Å². The molecule has 1 aliphatic rings. The van der Waals surface area contributed by atoms with Crippen LogP contribution in [0, 0.1) is 0 Å². The van der Waals surface area contributed by atoms with Crippen LogP contribution in [0.4, 0.5) is 10.3 Å². The Morgan fingerprint density at radius 1 is 1.30 bits per heavy atom. The van der Waals surface area contributed by atoms with Crippen LogP contribution in [0.3, 0.4) is 0 Å². The lowest BCUT2D eigenvalue weighted by Crippen LogP contribution is -2.34. The van der Waals surface area contributed by atoms with Gasteiger partial charge in [0.1, 0.15) is 11.2 Å². The molecule has 0 saturated carbocycles. The fraction of sp³-hybridized carbons (Fsp3) is 0.462. The summed E-state index contributed by atoms with van der Waals surface area (Å²) < 4.78 is 13.7. The van der Waals surface area contributed by atoms with E-state index in [2.05, 4.69) is 25.2 Å². The van der Waals surface area contributed by atoms with Gasteiger partial charge in [-0.05, 0) is 12.5 Å². The van der Waals surface area contributed by atoms with Crippen LogP contribution < -0.4 is 5.32 Å². The summed E-state index contributed by atoms with van der Waals surface area (Å²) in [6.45, 7) is 1.83. The number of anilines is 1. The lowest BCUT2D eigenvalue weighted by Gasteiger charge is -2.23. The Kier molecular flexibility index (Phi) is 4.17. The zero-order chi connectivity index (χ0) is 13.8. The molecular formula is C13H16FN5S. The molecule has 3 rings (SSSR count). The van der Waals surface area contributed by atoms with Crippen LogP contribution >= 0.6 is 11.3 Å². The van der Waals surface area contributed by atoms with Crippen molar-refractivity contribution in [3.05, 3.63) is 35.0 Å². The van der Waals surface area contributed by atoms with Crippen molar-refractivity contribution in [3.63, 3.8) is 0 Å². The minimum absolute atomic E-state index is 0.151. The van der Waals surface area contributed by atoms with Crippen LogP contribution in [0.15, 0.2) is 30.0 Å². The van der Waals surface area contributed by atoms with Crippen LogP contribution in [0.5, 0.6) is 0 Å². The Morgan fingerprint density at radius 2 is 2.15 bits per heavy atom. The van der Waals surface area contributed by atoms with Gasteiger partial charge in [-0.1, -0.05) is 0 Å². The molecule has 0 aromatic carbocycles. The molecule has 0 unspecified atom stereocenters. The fourth-order valence-corrected chi connectivity index (χ4v) is 3.07. The molecule has 20 heavy (non-hydrogen) atoms. The molecule has 0 bridgehead atoms. The Balaban J connectivity index is 1.59. The molecule has 0 aliphatic carbocycles. The van der Waals surface area contributed by atoms with Gasteiger partial charge in [0, 0.05) is 43.1 Å². The van der Waals surface area contributed by atoms with E-state index in [-0.39, 0.29) is 6.04 Å². The quantitative estimate of drug-likeness (QED) is 0.913. The maximum atomic E-state index is 13.7. The molecule has 2 aromatic rings. The monoisotopic (exact) mass is 293 g/mol. The van der Waals surface area contributed by atoms with Gasteiger partial charge in [-0.25, -0.2) is 19.3 Å². The first kappa shape index (κ1) is 13.4. The van der Waals surface area contributed by atoms with E-state index in [1.165, 1.54) is 0 Å². The Hall–Kier alpha value is -1.60. The fourth-order valence-electron chi connectivity index (χ4n) is 2.43. The van der Waals surface area contributed by atoms with Gasteiger partial charge in [-0.2, -0.15) is 0 Å². The SMILES string of the molecule is F[C@H]1C[C@@H](CNc2ncccn2)N(Cc2nccs2)C1. The summed E-state index contributed by atoms with van der Waals surface area (Å²) >= 11 is 1.61. The number of likely N-dealkylation sites (tertiary alicyclic amines) is 1. The first-order valence-corrected chi connectivity index (χ1v) is 7.46. The number of halogens is 1. The molecule has 0 amide bonds. The molecule has 7 heteroatoms. The molecule has 1 fully saturated rings. The third-order valence-electron chi connectivity index (χ3n) is 3.36. The number of alkyl halides is 1. The highest BCUT2D eigenvalue weighted by molar-refractivity contribution is 7.09. The van der Waals surface area contributed by atoms with Gasteiger partial charge >= 0.3 is 0 Å². The topological polar surface area (TPSA) is 53.9 Å². The molecule has 1 aliphatic heterocycles. The summed E-state index contributed by atoms with van der Waals surface area (Å²) in [6.07, 6.45) is 4.95. The van der Waals surface area contributed by atoms with Crippen LogP contribution in [0.1, 0.15) is 11.4 Å².